The van der Waals surface area contributed by atoms with E-state index in [2.05, 4.69) is 26.6 Å². The Labute approximate surface area is 196 Å². The minimum absolute atomic E-state index is 0.110. The lowest BCUT2D eigenvalue weighted by atomic mass is 10.0. The lowest BCUT2D eigenvalue weighted by Gasteiger charge is -2.22. The Bertz CT molecular complexity index is 1040. The van der Waals surface area contributed by atoms with Gasteiger partial charge in [0, 0.05) is 11.3 Å². The van der Waals surface area contributed by atoms with Crippen molar-refractivity contribution in [1.82, 2.24) is 10.6 Å². The average Bonchev–Trinajstić information content (AvgIpc) is 2.82. The van der Waals surface area contributed by atoms with E-state index >= 15 is 0 Å². The van der Waals surface area contributed by atoms with Crippen molar-refractivity contribution in [1.29, 1.82) is 0 Å². The predicted octanol–water partition coefficient (Wildman–Crippen LogP) is 0.825. The lowest BCUT2D eigenvalue weighted by molar-refractivity contribution is -0.126. The minimum Gasteiger partial charge on any atom is -0.392 e. The number of hydrogen-bond donors (Lipinski definition) is 6. The highest BCUT2D eigenvalue weighted by atomic mass is 16.3. The second-order valence-corrected chi connectivity index (χ2v) is 7.60. The fourth-order valence-corrected chi connectivity index (χ4v) is 2.99. The monoisotopic (exact) mass is 469 g/mol. The van der Waals surface area contributed by atoms with Gasteiger partial charge in [0.2, 0.25) is 24.6 Å². The quantitative estimate of drug-likeness (QED) is 0.252. The van der Waals surface area contributed by atoms with Crippen LogP contribution in [0.2, 0.25) is 0 Å². The molecule has 0 fully saturated rings. The van der Waals surface area contributed by atoms with Gasteiger partial charge in [-0.05, 0) is 41.8 Å². The summed E-state index contributed by atoms with van der Waals surface area (Å²) in [7, 11) is 0. The molecule has 180 valence electrons. The van der Waals surface area contributed by atoms with E-state index in [0.29, 0.717) is 29.8 Å². The Balaban J connectivity index is 2.00. The van der Waals surface area contributed by atoms with Gasteiger partial charge in [0.1, 0.15) is 6.04 Å². The number of aliphatic hydroxyl groups excluding tert-OH is 1. The first kappa shape index (κ1) is 26.0. The van der Waals surface area contributed by atoms with Crippen LogP contribution in [0.15, 0.2) is 42.5 Å². The molecule has 2 rings (SSSR count). The van der Waals surface area contributed by atoms with Crippen LogP contribution >= 0.6 is 0 Å². The van der Waals surface area contributed by atoms with E-state index in [-0.39, 0.29) is 30.3 Å². The SMILES string of the molecule is CC(C)C(NC(=O)c1ccc(NC=O)c(NC=O)c1)C(=O)NCC(=O)Nc1ccc(CO)cc1. The molecule has 0 spiro atoms. The van der Waals surface area contributed by atoms with Gasteiger partial charge in [-0.2, -0.15) is 0 Å². The number of nitrogens with one attached hydrogen (secondary N) is 5. The summed E-state index contributed by atoms with van der Waals surface area (Å²) in [5.74, 6) is -1.86. The second-order valence-electron chi connectivity index (χ2n) is 7.60. The van der Waals surface area contributed by atoms with Crippen LogP contribution in [0.25, 0.3) is 0 Å². The van der Waals surface area contributed by atoms with Crippen molar-refractivity contribution in [2.24, 2.45) is 5.92 Å². The first-order valence-electron chi connectivity index (χ1n) is 10.4. The van der Waals surface area contributed by atoms with Gasteiger partial charge in [-0.25, -0.2) is 0 Å². The summed E-state index contributed by atoms with van der Waals surface area (Å²) in [5.41, 5.74) is 1.88. The molecular weight excluding hydrogens is 442 g/mol. The molecule has 0 aliphatic rings. The zero-order valence-corrected chi connectivity index (χ0v) is 18.8. The highest BCUT2D eigenvalue weighted by Gasteiger charge is 2.25. The Hall–Kier alpha value is -4.25. The predicted molar refractivity (Wildman–Crippen MR) is 126 cm³/mol. The third-order valence-electron chi connectivity index (χ3n) is 4.79. The number of aliphatic hydroxyl groups is 1. The molecular formula is C23H27N5O6. The van der Waals surface area contributed by atoms with Crippen molar-refractivity contribution in [2.75, 3.05) is 22.5 Å². The molecule has 1 unspecified atom stereocenters. The first-order chi connectivity index (χ1) is 16.3. The van der Waals surface area contributed by atoms with Crippen LogP contribution in [0.3, 0.4) is 0 Å². The molecule has 1 atom stereocenters. The van der Waals surface area contributed by atoms with E-state index < -0.39 is 23.8 Å². The molecule has 0 heterocycles. The molecule has 11 nitrogen and oxygen atoms in total. The van der Waals surface area contributed by atoms with Crippen LogP contribution < -0.4 is 26.6 Å². The van der Waals surface area contributed by atoms with E-state index in [0.717, 1.165) is 0 Å². The van der Waals surface area contributed by atoms with Gasteiger partial charge in [0.25, 0.3) is 5.91 Å². The number of rotatable bonds is 12. The maximum atomic E-state index is 12.7. The van der Waals surface area contributed by atoms with Crippen molar-refractivity contribution in [2.45, 2.75) is 26.5 Å². The van der Waals surface area contributed by atoms with Crippen LogP contribution in [0.1, 0.15) is 29.8 Å². The topological polar surface area (TPSA) is 166 Å². The van der Waals surface area contributed by atoms with E-state index in [1.165, 1.54) is 18.2 Å². The van der Waals surface area contributed by atoms with Gasteiger partial charge in [0.15, 0.2) is 0 Å². The number of hydrogen-bond acceptors (Lipinski definition) is 6. The highest BCUT2D eigenvalue weighted by molar-refractivity contribution is 6.01. The molecule has 0 radical (unpaired) electrons. The largest absolute Gasteiger partial charge is 0.392 e. The smallest absolute Gasteiger partial charge is 0.252 e. The Kier molecular flexibility index (Phi) is 9.72. The van der Waals surface area contributed by atoms with Crippen LogP contribution in [-0.4, -0.2) is 48.2 Å². The molecule has 5 amide bonds. The molecule has 0 saturated heterocycles. The van der Waals surface area contributed by atoms with Crippen molar-refractivity contribution in [3.05, 3.63) is 53.6 Å². The number of anilines is 3. The molecule has 0 aliphatic carbocycles. The van der Waals surface area contributed by atoms with Crippen molar-refractivity contribution < 1.29 is 29.1 Å². The van der Waals surface area contributed by atoms with Crippen LogP contribution in [0.4, 0.5) is 17.1 Å². The minimum atomic E-state index is -0.931. The summed E-state index contributed by atoms with van der Waals surface area (Å²) < 4.78 is 0. The number of carbonyl (C=O) groups is 5. The van der Waals surface area contributed by atoms with Crippen LogP contribution in [0, 0.1) is 5.92 Å². The summed E-state index contributed by atoms with van der Waals surface area (Å²) in [6.07, 6.45) is 0.841. The van der Waals surface area contributed by atoms with E-state index in [9.17, 15) is 24.0 Å². The zero-order valence-electron chi connectivity index (χ0n) is 18.8. The molecule has 0 bridgehead atoms. The maximum absolute atomic E-state index is 12.7. The van der Waals surface area contributed by atoms with Crippen molar-refractivity contribution in [3.8, 4) is 0 Å². The zero-order chi connectivity index (χ0) is 25.1. The number of carbonyl (C=O) groups excluding carboxylic acids is 5. The summed E-state index contributed by atoms with van der Waals surface area (Å²) in [6.45, 7) is 3.06. The van der Waals surface area contributed by atoms with E-state index in [1.807, 2.05) is 0 Å². The van der Waals surface area contributed by atoms with Gasteiger partial charge in [-0.1, -0.05) is 26.0 Å². The van der Waals surface area contributed by atoms with Gasteiger partial charge < -0.3 is 31.7 Å². The summed E-state index contributed by atoms with van der Waals surface area (Å²) >= 11 is 0. The first-order valence-corrected chi connectivity index (χ1v) is 10.4. The second kappa shape index (κ2) is 12.7. The third-order valence-corrected chi connectivity index (χ3v) is 4.79. The van der Waals surface area contributed by atoms with Crippen LogP contribution in [-0.2, 0) is 25.8 Å². The van der Waals surface area contributed by atoms with Crippen LogP contribution in [0.5, 0.6) is 0 Å². The van der Waals surface area contributed by atoms with Gasteiger partial charge in [-0.3, -0.25) is 24.0 Å². The highest BCUT2D eigenvalue weighted by Crippen LogP contribution is 2.22. The molecule has 34 heavy (non-hydrogen) atoms. The van der Waals surface area contributed by atoms with E-state index in [1.54, 1.807) is 38.1 Å². The van der Waals surface area contributed by atoms with Crippen molar-refractivity contribution >= 4 is 47.6 Å². The normalized spacial score (nSPS) is 11.2. The molecule has 0 aliphatic heterocycles. The average molecular weight is 469 g/mol. The fourth-order valence-electron chi connectivity index (χ4n) is 2.99. The number of benzene rings is 2. The molecule has 11 heteroatoms. The van der Waals surface area contributed by atoms with Gasteiger partial charge in [0.05, 0.1) is 24.5 Å². The maximum Gasteiger partial charge on any atom is 0.252 e. The molecule has 0 saturated carbocycles. The lowest BCUT2D eigenvalue weighted by Crippen LogP contribution is -2.51. The molecule has 2 aromatic carbocycles. The summed E-state index contributed by atoms with van der Waals surface area (Å²) in [6, 6.07) is 9.89. The standard InChI is InChI=1S/C23H27N5O6/c1-14(2)21(23(34)24-10-20(32)27-17-6-3-15(11-29)4-7-17)28-22(33)16-5-8-18(25-12-30)19(9-16)26-13-31/h3-9,12-14,21,29H,10-11H2,1-2H3,(H,24,34)(H,25,30)(H,26,31)(H,27,32)(H,28,33). The van der Waals surface area contributed by atoms with Crippen molar-refractivity contribution in [3.63, 3.8) is 0 Å². The summed E-state index contributed by atoms with van der Waals surface area (Å²) in [5, 5.41) is 21.6. The molecule has 2 aromatic rings. The van der Waals surface area contributed by atoms with E-state index in [4.69, 9.17) is 5.11 Å². The van der Waals surface area contributed by atoms with Gasteiger partial charge >= 0.3 is 0 Å². The fraction of sp³-hybridized carbons (Fsp3) is 0.261. The Morgan fingerprint density at radius 3 is 2.18 bits per heavy atom. The third kappa shape index (κ3) is 7.41. The Morgan fingerprint density at radius 2 is 1.59 bits per heavy atom. The van der Waals surface area contributed by atoms with Gasteiger partial charge in [-0.15, -0.1) is 0 Å². The Morgan fingerprint density at radius 1 is 0.941 bits per heavy atom. The summed E-state index contributed by atoms with van der Waals surface area (Å²) in [4.78, 5) is 59.1. The number of amides is 5. The molecule has 0 aromatic heterocycles. The molecule has 6 N–H and O–H groups in total.